The first kappa shape index (κ1) is 8.59. The molecule has 0 spiro atoms. The molecule has 0 amide bonds. The van der Waals surface area contributed by atoms with Crippen LogP contribution in [0.5, 0.6) is 0 Å². The summed E-state index contributed by atoms with van der Waals surface area (Å²) in [7, 11) is 0. The van der Waals surface area contributed by atoms with Crippen molar-refractivity contribution in [2.75, 3.05) is 6.54 Å². The third-order valence-electron chi connectivity index (χ3n) is 1.50. The van der Waals surface area contributed by atoms with Crippen molar-refractivity contribution < 1.29 is 4.39 Å². The molecule has 1 heterocycles. The second kappa shape index (κ2) is 3.76. The van der Waals surface area contributed by atoms with E-state index in [9.17, 15) is 4.39 Å². The largest absolute Gasteiger partial charge is 0.278 e. The Morgan fingerprint density at radius 2 is 2.45 bits per heavy atom. The van der Waals surface area contributed by atoms with Gasteiger partial charge in [0.2, 0.25) is 0 Å². The van der Waals surface area contributed by atoms with Crippen LogP contribution in [-0.4, -0.2) is 28.7 Å². The van der Waals surface area contributed by atoms with Gasteiger partial charge in [-0.3, -0.25) is 0 Å². The second-order valence-corrected chi connectivity index (χ2v) is 2.79. The summed E-state index contributed by atoms with van der Waals surface area (Å²) in [4.78, 5) is 0. The molecular weight excluding hydrogens is 169 g/mol. The van der Waals surface area contributed by atoms with E-state index < -0.39 is 6.42 Å². The van der Waals surface area contributed by atoms with Crippen LogP contribution < -0.4 is 0 Å². The minimum atomic E-state index is -1.29. The van der Waals surface area contributed by atoms with E-state index in [-0.39, 0.29) is 0 Å². The number of nitrogens with zero attached hydrogens (tertiary/aromatic N) is 3. The SMILES string of the molecule is CCCCN1N=CN(Cl)C1F. The molecule has 1 aliphatic heterocycles. The first-order chi connectivity index (χ1) is 5.25. The van der Waals surface area contributed by atoms with Crippen molar-refractivity contribution in [3.63, 3.8) is 0 Å². The number of hydrogen-bond acceptors (Lipinski definition) is 3. The fourth-order valence-electron chi connectivity index (χ4n) is 0.837. The first-order valence-electron chi connectivity index (χ1n) is 3.64. The number of rotatable bonds is 3. The minimum absolute atomic E-state index is 0.622. The summed E-state index contributed by atoms with van der Waals surface area (Å²) >= 11 is 5.40. The number of unbranched alkanes of at least 4 members (excludes halogenated alkanes) is 1. The summed E-state index contributed by atoms with van der Waals surface area (Å²) < 4.78 is 13.8. The predicted molar refractivity (Wildman–Crippen MR) is 42.7 cm³/mol. The molecule has 1 atom stereocenters. The molecule has 0 N–H and O–H groups in total. The predicted octanol–water partition coefficient (Wildman–Crippen LogP) is 1.75. The Labute approximate surface area is 70.5 Å². The number of hydrogen-bond donors (Lipinski definition) is 0. The summed E-state index contributed by atoms with van der Waals surface area (Å²) in [6.45, 7) is 2.67. The highest BCUT2D eigenvalue weighted by molar-refractivity contribution is 6.19. The lowest BCUT2D eigenvalue weighted by Crippen LogP contribution is -2.30. The molecule has 0 saturated carbocycles. The summed E-state index contributed by atoms with van der Waals surface area (Å²) in [6, 6.07) is 0. The van der Waals surface area contributed by atoms with Gasteiger partial charge in [-0.1, -0.05) is 13.3 Å². The Morgan fingerprint density at radius 3 is 2.91 bits per heavy atom. The fraction of sp³-hybridized carbons (Fsp3) is 0.833. The molecule has 0 aromatic heterocycles. The maximum absolute atomic E-state index is 12.9. The molecule has 5 heteroatoms. The van der Waals surface area contributed by atoms with Crippen LogP contribution in [0, 0.1) is 0 Å². The lowest BCUT2D eigenvalue weighted by molar-refractivity contribution is 0.0512. The third-order valence-corrected chi connectivity index (χ3v) is 1.75. The van der Waals surface area contributed by atoms with Crippen LogP contribution in [0.25, 0.3) is 0 Å². The Kier molecular flexibility index (Phi) is 2.93. The quantitative estimate of drug-likeness (QED) is 0.486. The first-order valence-corrected chi connectivity index (χ1v) is 3.98. The molecule has 0 aliphatic carbocycles. The van der Waals surface area contributed by atoms with Gasteiger partial charge in [-0.2, -0.15) is 9.49 Å². The van der Waals surface area contributed by atoms with Gasteiger partial charge in [0.25, 0.3) is 6.42 Å². The van der Waals surface area contributed by atoms with Crippen LogP contribution in [0.15, 0.2) is 5.10 Å². The van der Waals surface area contributed by atoms with E-state index >= 15 is 0 Å². The lowest BCUT2D eigenvalue weighted by Gasteiger charge is -2.18. The van der Waals surface area contributed by atoms with Crippen molar-refractivity contribution in [1.82, 2.24) is 9.43 Å². The molecule has 0 radical (unpaired) electrons. The van der Waals surface area contributed by atoms with Crippen LogP contribution in [0.2, 0.25) is 0 Å². The molecule has 11 heavy (non-hydrogen) atoms. The lowest BCUT2D eigenvalue weighted by atomic mass is 10.3. The van der Waals surface area contributed by atoms with E-state index in [1.54, 1.807) is 0 Å². The standard InChI is InChI=1S/C6H11ClFN3/c1-2-3-4-11-6(8)10(7)5-9-11/h5-6H,2-4H2,1H3. The summed E-state index contributed by atoms with van der Waals surface area (Å²) in [6.07, 6.45) is 1.95. The van der Waals surface area contributed by atoms with E-state index in [1.165, 1.54) is 11.3 Å². The zero-order valence-electron chi connectivity index (χ0n) is 6.37. The fourth-order valence-corrected chi connectivity index (χ4v) is 0.977. The molecule has 1 unspecified atom stereocenters. The highest BCUT2D eigenvalue weighted by Gasteiger charge is 2.24. The molecule has 0 aromatic carbocycles. The maximum atomic E-state index is 12.9. The Morgan fingerprint density at radius 1 is 1.73 bits per heavy atom. The van der Waals surface area contributed by atoms with E-state index in [1.807, 2.05) is 6.92 Å². The normalized spacial score (nSPS) is 23.4. The molecule has 1 rings (SSSR count). The number of alkyl halides is 1. The van der Waals surface area contributed by atoms with Gasteiger partial charge in [-0.25, -0.2) is 9.43 Å². The summed E-state index contributed by atoms with van der Waals surface area (Å²) in [5, 5.41) is 5.09. The van der Waals surface area contributed by atoms with Gasteiger partial charge in [-0.05, 0) is 6.42 Å². The monoisotopic (exact) mass is 179 g/mol. The molecule has 3 nitrogen and oxygen atoms in total. The van der Waals surface area contributed by atoms with Gasteiger partial charge in [0, 0.05) is 18.3 Å². The van der Waals surface area contributed by atoms with Gasteiger partial charge in [0.15, 0.2) is 0 Å². The van der Waals surface area contributed by atoms with E-state index in [0.29, 0.717) is 6.54 Å². The molecule has 0 saturated heterocycles. The molecule has 0 bridgehead atoms. The van der Waals surface area contributed by atoms with Gasteiger partial charge in [0.1, 0.15) is 6.34 Å². The zero-order chi connectivity index (χ0) is 8.27. The zero-order valence-corrected chi connectivity index (χ0v) is 7.13. The summed E-state index contributed by atoms with van der Waals surface area (Å²) in [5.74, 6) is 0. The molecular formula is C6H11ClFN3. The highest BCUT2D eigenvalue weighted by Crippen LogP contribution is 2.15. The molecule has 0 fully saturated rings. The van der Waals surface area contributed by atoms with Crippen molar-refractivity contribution in [3.8, 4) is 0 Å². The molecule has 0 aromatic rings. The Bertz CT molecular complexity index is 153. The molecule has 64 valence electrons. The van der Waals surface area contributed by atoms with Gasteiger partial charge in [0.05, 0.1) is 0 Å². The molecule has 1 aliphatic rings. The average molecular weight is 180 g/mol. The van der Waals surface area contributed by atoms with Crippen molar-refractivity contribution in [2.45, 2.75) is 26.2 Å². The van der Waals surface area contributed by atoms with Gasteiger partial charge in [-0.15, -0.1) is 0 Å². The topological polar surface area (TPSA) is 18.8 Å². The van der Waals surface area contributed by atoms with Crippen LogP contribution in [-0.2, 0) is 0 Å². The second-order valence-electron chi connectivity index (χ2n) is 2.40. The number of hydrazone groups is 1. The van der Waals surface area contributed by atoms with Crippen molar-refractivity contribution in [1.29, 1.82) is 0 Å². The van der Waals surface area contributed by atoms with Gasteiger partial charge < -0.3 is 0 Å². The Balaban J connectivity index is 2.31. The van der Waals surface area contributed by atoms with Gasteiger partial charge >= 0.3 is 0 Å². The maximum Gasteiger partial charge on any atom is 0.278 e. The third kappa shape index (κ3) is 1.96. The van der Waals surface area contributed by atoms with E-state index in [0.717, 1.165) is 17.3 Å². The highest BCUT2D eigenvalue weighted by atomic mass is 35.5. The van der Waals surface area contributed by atoms with Crippen LogP contribution in [0.1, 0.15) is 19.8 Å². The van der Waals surface area contributed by atoms with Crippen LogP contribution in [0.4, 0.5) is 4.39 Å². The van der Waals surface area contributed by atoms with E-state index in [2.05, 4.69) is 5.10 Å². The number of halogens is 2. The average Bonchev–Trinajstić information content (AvgIpc) is 2.31. The van der Waals surface area contributed by atoms with E-state index in [4.69, 9.17) is 11.8 Å². The smallest absolute Gasteiger partial charge is 0.244 e. The van der Waals surface area contributed by atoms with Crippen molar-refractivity contribution in [3.05, 3.63) is 0 Å². The Hall–Kier alpha value is -0.510. The minimum Gasteiger partial charge on any atom is -0.244 e. The van der Waals surface area contributed by atoms with Crippen molar-refractivity contribution in [2.24, 2.45) is 5.10 Å². The summed E-state index contributed by atoms with van der Waals surface area (Å²) in [5.41, 5.74) is 0. The van der Waals surface area contributed by atoms with Crippen molar-refractivity contribution >= 4 is 18.1 Å². The van der Waals surface area contributed by atoms with Crippen LogP contribution >= 0.6 is 11.8 Å². The van der Waals surface area contributed by atoms with Crippen LogP contribution in [0.3, 0.4) is 0 Å².